The van der Waals surface area contributed by atoms with Gasteiger partial charge in [-0.1, -0.05) is 18.3 Å². The van der Waals surface area contributed by atoms with Crippen LogP contribution in [0.25, 0.3) is 0 Å². The van der Waals surface area contributed by atoms with Gasteiger partial charge in [0.25, 0.3) is 5.91 Å². The minimum atomic E-state index is -0.101. The van der Waals surface area contributed by atoms with E-state index in [1.165, 1.54) is 0 Å². The first-order valence-electron chi connectivity index (χ1n) is 5.25. The van der Waals surface area contributed by atoms with Gasteiger partial charge in [0.1, 0.15) is 4.88 Å². The number of hydrogen-bond acceptors (Lipinski definition) is 4. The fourth-order valence-corrected chi connectivity index (χ4v) is 2.31. The third kappa shape index (κ3) is 3.42. The summed E-state index contributed by atoms with van der Waals surface area (Å²) in [7, 11) is 0. The van der Waals surface area contributed by atoms with Crippen LogP contribution >= 0.6 is 23.1 Å². The first kappa shape index (κ1) is 13.4. The van der Waals surface area contributed by atoms with Crippen LogP contribution in [0.1, 0.15) is 48.5 Å². The molecule has 1 N–H and O–H groups in total. The summed E-state index contributed by atoms with van der Waals surface area (Å²) in [4.78, 5) is 12.5. The summed E-state index contributed by atoms with van der Waals surface area (Å²) in [6, 6.07) is 0.0760. The lowest BCUT2D eigenvalue weighted by Crippen LogP contribution is -2.32. The van der Waals surface area contributed by atoms with E-state index in [0.717, 1.165) is 23.6 Å². The van der Waals surface area contributed by atoms with E-state index >= 15 is 0 Å². The molecule has 6 heteroatoms. The van der Waals surface area contributed by atoms with Crippen LogP contribution in [-0.4, -0.2) is 27.4 Å². The lowest BCUT2D eigenvalue weighted by Gasteiger charge is -2.12. The van der Waals surface area contributed by atoms with Crippen molar-refractivity contribution in [1.82, 2.24) is 14.9 Å². The van der Waals surface area contributed by atoms with Gasteiger partial charge in [-0.25, -0.2) is 0 Å². The normalized spacial score (nSPS) is 12.8. The van der Waals surface area contributed by atoms with Gasteiger partial charge in [0.15, 0.2) is 0 Å². The molecular weight excluding hydrogens is 246 g/mol. The molecule has 90 valence electrons. The number of halogens is 1. The first-order valence-corrected chi connectivity index (χ1v) is 6.56. The summed E-state index contributed by atoms with van der Waals surface area (Å²) in [6.45, 7) is 5.93. The SMILES string of the molecule is CC(CCCl)NC(=O)c1snnc1C(C)C. The topological polar surface area (TPSA) is 54.9 Å². The Morgan fingerprint density at radius 3 is 2.75 bits per heavy atom. The molecule has 0 saturated heterocycles. The second-order valence-electron chi connectivity index (χ2n) is 3.99. The van der Waals surface area contributed by atoms with Gasteiger partial charge in [-0.05, 0) is 30.8 Å². The maximum Gasteiger partial charge on any atom is 0.265 e. The zero-order valence-corrected chi connectivity index (χ0v) is 11.2. The number of rotatable bonds is 5. The molecule has 1 heterocycles. The van der Waals surface area contributed by atoms with Crippen molar-refractivity contribution in [3.05, 3.63) is 10.6 Å². The molecule has 0 fully saturated rings. The van der Waals surface area contributed by atoms with E-state index in [9.17, 15) is 4.79 Å². The van der Waals surface area contributed by atoms with Crippen LogP contribution in [0.3, 0.4) is 0 Å². The number of nitrogens with zero attached hydrogens (tertiary/aromatic N) is 2. The largest absolute Gasteiger partial charge is 0.349 e. The number of hydrogen-bond donors (Lipinski definition) is 1. The third-order valence-corrected chi connectivity index (χ3v) is 3.14. The predicted octanol–water partition coefficient (Wildman–Crippen LogP) is 2.41. The number of nitrogens with one attached hydrogen (secondary N) is 1. The summed E-state index contributed by atoms with van der Waals surface area (Å²) in [5, 5.41) is 6.86. The summed E-state index contributed by atoms with van der Waals surface area (Å²) < 4.78 is 3.82. The van der Waals surface area contributed by atoms with Gasteiger partial charge >= 0.3 is 0 Å². The van der Waals surface area contributed by atoms with Gasteiger partial charge in [0.2, 0.25) is 0 Å². The minimum Gasteiger partial charge on any atom is -0.349 e. The predicted molar refractivity (Wildman–Crippen MR) is 66.3 cm³/mol. The third-order valence-electron chi connectivity index (χ3n) is 2.19. The van der Waals surface area contributed by atoms with Crippen molar-refractivity contribution in [2.45, 2.75) is 39.2 Å². The van der Waals surface area contributed by atoms with E-state index in [2.05, 4.69) is 14.9 Å². The van der Waals surface area contributed by atoms with E-state index in [-0.39, 0.29) is 17.9 Å². The van der Waals surface area contributed by atoms with E-state index in [4.69, 9.17) is 11.6 Å². The van der Waals surface area contributed by atoms with Crippen molar-refractivity contribution in [1.29, 1.82) is 0 Å². The summed E-state index contributed by atoms with van der Waals surface area (Å²) in [5.41, 5.74) is 0.764. The van der Waals surface area contributed by atoms with Crippen molar-refractivity contribution in [2.24, 2.45) is 0 Å². The van der Waals surface area contributed by atoms with Crippen molar-refractivity contribution < 1.29 is 4.79 Å². The summed E-state index contributed by atoms with van der Waals surface area (Å²) >= 11 is 6.75. The maximum absolute atomic E-state index is 11.9. The Hall–Kier alpha value is -0.680. The van der Waals surface area contributed by atoms with Gasteiger partial charge < -0.3 is 5.32 Å². The van der Waals surface area contributed by atoms with Crippen LogP contribution in [0.2, 0.25) is 0 Å². The van der Waals surface area contributed by atoms with Gasteiger partial charge in [-0.15, -0.1) is 16.7 Å². The number of amides is 1. The van der Waals surface area contributed by atoms with Crippen LogP contribution in [0.4, 0.5) is 0 Å². The highest BCUT2D eigenvalue weighted by Gasteiger charge is 2.19. The molecule has 1 amide bonds. The molecule has 1 aromatic rings. The van der Waals surface area contributed by atoms with Gasteiger partial charge in [0.05, 0.1) is 5.69 Å². The number of alkyl halides is 1. The number of aromatic nitrogens is 2. The summed E-state index contributed by atoms with van der Waals surface area (Å²) in [6.07, 6.45) is 0.760. The van der Waals surface area contributed by atoms with Gasteiger partial charge in [-0.2, -0.15) is 0 Å². The van der Waals surface area contributed by atoms with Gasteiger partial charge in [-0.3, -0.25) is 4.79 Å². The fourth-order valence-electron chi connectivity index (χ4n) is 1.26. The highest BCUT2D eigenvalue weighted by atomic mass is 35.5. The Kier molecular flexibility index (Phi) is 5.15. The average Bonchev–Trinajstić information content (AvgIpc) is 2.65. The molecule has 1 atom stereocenters. The Labute approximate surface area is 105 Å². The van der Waals surface area contributed by atoms with Gasteiger partial charge in [0, 0.05) is 11.9 Å². The van der Waals surface area contributed by atoms with Crippen molar-refractivity contribution in [3.63, 3.8) is 0 Å². The zero-order valence-electron chi connectivity index (χ0n) is 9.66. The minimum absolute atomic E-state index is 0.0760. The van der Waals surface area contributed by atoms with Crippen LogP contribution in [0.15, 0.2) is 0 Å². The van der Waals surface area contributed by atoms with E-state index in [1.807, 2.05) is 20.8 Å². The molecule has 1 rings (SSSR count). The molecular formula is C10H16ClN3OS. The monoisotopic (exact) mass is 261 g/mol. The molecule has 0 aliphatic heterocycles. The zero-order chi connectivity index (χ0) is 12.1. The Morgan fingerprint density at radius 2 is 2.19 bits per heavy atom. The molecule has 1 aromatic heterocycles. The maximum atomic E-state index is 11.9. The average molecular weight is 262 g/mol. The number of carbonyl (C=O) groups excluding carboxylic acids is 1. The molecule has 0 aromatic carbocycles. The molecule has 0 aliphatic carbocycles. The standard InChI is InChI=1S/C10H16ClN3OS/c1-6(2)8-9(16-14-13-8)10(15)12-7(3)4-5-11/h6-7H,4-5H2,1-3H3,(H,12,15). The Morgan fingerprint density at radius 1 is 1.50 bits per heavy atom. The molecule has 4 nitrogen and oxygen atoms in total. The summed E-state index contributed by atoms with van der Waals surface area (Å²) in [5.74, 6) is 0.651. The smallest absolute Gasteiger partial charge is 0.265 e. The molecule has 0 aliphatic rings. The van der Waals surface area contributed by atoms with Crippen molar-refractivity contribution in [2.75, 3.05) is 5.88 Å². The molecule has 16 heavy (non-hydrogen) atoms. The Bertz CT molecular complexity index is 354. The molecule has 1 unspecified atom stereocenters. The fraction of sp³-hybridized carbons (Fsp3) is 0.700. The molecule has 0 radical (unpaired) electrons. The lowest BCUT2D eigenvalue weighted by atomic mass is 10.1. The van der Waals surface area contributed by atoms with Crippen molar-refractivity contribution >= 4 is 29.0 Å². The Balaban J connectivity index is 2.69. The van der Waals surface area contributed by atoms with Crippen LogP contribution < -0.4 is 5.32 Å². The van der Waals surface area contributed by atoms with Crippen LogP contribution in [0, 0.1) is 0 Å². The van der Waals surface area contributed by atoms with E-state index in [1.54, 1.807) is 0 Å². The first-order chi connectivity index (χ1) is 7.56. The molecule has 0 spiro atoms. The van der Waals surface area contributed by atoms with Crippen molar-refractivity contribution in [3.8, 4) is 0 Å². The number of carbonyl (C=O) groups is 1. The molecule has 0 bridgehead atoms. The molecule has 0 saturated carbocycles. The lowest BCUT2D eigenvalue weighted by molar-refractivity contribution is 0.0942. The van der Waals surface area contributed by atoms with E-state index in [0.29, 0.717) is 10.8 Å². The van der Waals surface area contributed by atoms with Crippen LogP contribution in [-0.2, 0) is 0 Å². The highest BCUT2D eigenvalue weighted by Crippen LogP contribution is 2.19. The second kappa shape index (κ2) is 6.15. The van der Waals surface area contributed by atoms with E-state index < -0.39 is 0 Å². The highest BCUT2D eigenvalue weighted by molar-refractivity contribution is 7.08. The second-order valence-corrected chi connectivity index (χ2v) is 5.13. The van der Waals surface area contributed by atoms with Crippen LogP contribution in [0.5, 0.6) is 0 Å². The quantitative estimate of drug-likeness (QED) is 0.828.